The zero-order valence-corrected chi connectivity index (χ0v) is 9.53. The van der Waals surface area contributed by atoms with Crippen molar-refractivity contribution in [3.63, 3.8) is 0 Å². The maximum absolute atomic E-state index is 10.7. The minimum atomic E-state index is -0.251. The van der Waals surface area contributed by atoms with E-state index >= 15 is 0 Å². The van der Waals surface area contributed by atoms with Crippen molar-refractivity contribution in [3.05, 3.63) is 35.4 Å². The fourth-order valence-electron chi connectivity index (χ4n) is 1.41. The van der Waals surface area contributed by atoms with Crippen LogP contribution in [-0.4, -0.2) is 18.0 Å². The van der Waals surface area contributed by atoms with E-state index in [1.165, 1.54) is 0 Å². The summed E-state index contributed by atoms with van der Waals surface area (Å²) in [5.74, 6) is -0.0838. The van der Waals surface area contributed by atoms with Gasteiger partial charge < -0.3 is 9.90 Å². The molecule has 0 aromatic heterocycles. The zero-order chi connectivity index (χ0) is 11.5. The summed E-state index contributed by atoms with van der Waals surface area (Å²) in [6, 6.07) is 7.85. The van der Waals surface area contributed by atoms with Crippen LogP contribution in [0.5, 0.6) is 0 Å². The van der Waals surface area contributed by atoms with Crippen LogP contribution in [0.1, 0.15) is 37.8 Å². The number of aldehydes is 1. The first kappa shape index (κ1) is 11.9. The van der Waals surface area contributed by atoms with Crippen molar-refractivity contribution in [3.8, 4) is 0 Å². The van der Waals surface area contributed by atoms with Crippen molar-refractivity contribution in [2.75, 3.05) is 6.61 Å². The number of carbonyl (C=O) groups is 1. The Morgan fingerprint density at radius 1 is 1.47 bits per heavy atom. The molecule has 0 spiro atoms. The Bertz CT molecular complexity index is 342. The average Bonchev–Trinajstić information content (AvgIpc) is 2.28. The standard InChI is InChI=1S/C13H18O2/c1-10(8-14)11-5-4-6-12(7-11)13(2,3)9-15/h4-8,10,15H,9H2,1-3H3. The number of aliphatic hydroxyl groups excluding tert-OH is 1. The first-order chi connectivity index (χ1) is 7.01. The largest absolute Gasteiger partial charge is 0.395 e. The lowest BCUT2D eigenvalue weighted by atomic mass is 9.84. The van der Waals surface area contributed by atoms with Gasteiger partial charge >= 0.3 is 0 Å². The van der Waals surface area contributed by atoms with Gasteiger partial charge in [0.25, 0.3) is 0 Å². The monoisotopic (exact) mass is 206 g/mol. The van der Waals surface area contributed by atoms with Crippen LogP contribution in [0.2, 0.25) is 0 Å². The number of carbonyl (C=O) groups excluding carboxylic acids is 1. The molecule has 1 N–H and O–H groups in total. The molecule has 0 aliphatic carbocycles. The van der Waals surface area contributed by atoms with E-state index in [1.54, 1.807) is 0 Å². The molecule has 0 saturated heterocycles. The molecule has 1 rings (SSSR count). The first-order valence-corrected chi connectivity index (χ1v) is 5.18. The molecule has 0 saturated carbocycles. The van der Waals surface area contributed by atoms with E-state index in [9.17, 15) is 9.90 Å². The van der Waals surface area contributed by atoms with Crippen LogP contribution in [0, 0.1) is 0 Å². The van der Waals surface area contributed by atoms with Gasteiger partial charge in [-0.2, -0.15) is 0 Å². The molecule has 0 aliphatic rings. The molecule has 15 heavy (non-hydrogen) atoms. The van der Waals surface area contributed by atoms with Crippen LogP contribution in [0.25, 0.3) is 0 Å². The average molecular weight is 206 g/mol. The summed E-state index contributed by atoms with van der Waals surface area (Å²) in [6.07, 6.45) is 0.936. The highest BCUT2D eigenvalue weighted by atomic mass is 16.3. The number of hydrogen-bond donors (Lipinski definition) is 1. The molecule has 1 atom stereocenters. The van der Waals surface area contributed by atoms with Crippen LogP contribution < -0.4 is 0 Å². The Kier molecular flexibility index (Phi) is 3.64. The SMILES string of the molecule is CC(C=O)c1cccc(C(C)(C)CO)c1. The lowest BCUT2D eigenvalue weighted by molar-refractivity contribution is -0.108. The van der Waals surface area contributed by atoms with E-state index < -0.39 is 0 Å². The van der Waals surface area contributed by atoms with E-state index in [0.717, 1.165) is 17.4 Å². The number of hydrogen-bond acceptors (Lipinski definition) is 2. The summed E-state index contributed by atoms with van der Waals surface area (Å²) in [6.45, 7) is 5.94. The summed E-state index contributed by atoms with van der Waals surface area (Å²) in [5.41, 5.74) is 1.82. The lowest BCUT2D eigenvalue weighted by Crippen LogP contribution is -2.22. The maximum Gasteiger partial charge on any atom is 0.127 e. The second-order valence-corrected chi connectivity index (χ2v) is 4.59. The van der Waals surface area contributed by atoms with Crippen LogP contribution >= 0.6 is 0 Å². The molecule has 0 bridgehead atoms. The van der Waals surface area contributed by atoms with Crippen LogP contribution in [0.3, 0.4) is 0 Å². The third-order valence-electron chi connectivity index (χ3n) is 2.79. The van der Waals surface area contributed by atoms with E-state index in [-0.39, 0.29) is 17.9 Å². The molecule has 82 valence electrons. The lowest BCUT2D eigenvalue weighted by Gasteiger charge is -2.23. The van der Waals surface area contributed by atoms with Gasteiger partial charge in [-0.05, 0) is 11.1 Å². The van der Waals surface area contributed by atoms with E-state index in [0.29, 0.717) is 0 Å². The summed E-state index contributed by atoms with van der Waals surface area (Å²) in [7, 11) is 0. The first-order valence-electron chi connectivity index (χ1n) is 5.18. The van der Waals surface area contributed by atoms with E-state index in [2.05, 4.69) is 0 Å². The van der Waals surface area contributed by atoms with Crippen molar-refractivity contribution < 1.29 is 9.90 Å². The number of benzene rings is 1. The normalized spacial score (nSPS) is 13.6. The number of rotatable bonds is 4. The topological polar surface area (TPSA) is 37.3 Å². The van der Waals surface area contributed by atoms with E-state index in [1.807, 2.05) is 45.0 Å². The van der Waals surface area contributed by atoms with Gasteiger partial charge in [-0.15, -0.1) is 0 Å². The van der Waals surface area contributed by atoms with Gasteiger partial charge in [0.2, 0.25) is 0 Å². The van der Waals surface area contributed by atoms with E-state index in [4.69, 9.17) is 0 Å². The molecule has 0 amide bonds. The van der Waals surface area contributed by atoms with Crippen molar-refractivity contribution in [1.29, 1.82) is 0 Å². The minimum Gasteiger partial charge on any atom is -0.395 e. The Hall–Kier alpha value is -1.15. The fraction of sp³-hybridized carbons (Fsp3) is 0.462. The summed E-state index contributed by atoms with van der Waals surface area (Å²) in [4.78, 5) is 10.7. The number of aliphatic hydroxyl groups is 1. The molecular formula is C13H18O2. The summed E-state index contributed by atoms with van der Waals surface area (Å²) in [5, 5.41) is 9.26. The molecular weight excluding hydrogens is 188 g/mol. The predicted molar refractivity (Wildman–Crippen MR) is 61.0 cm³/mol. The van der Waals surface area contributed by atoms with Gasteiger partial charge in [0, 0.05) is 11.3 Å². The molecule has 0 radical (unpaired) electrons. The zero-order valence-electron chi connectivity index (χ0n) is 9.53. The second-order valence-electron chi connectivity index (χ2n) is 4.59. The van der Waals surface area contributed by atoms with Gasteiger partial charge in [-0.3, -0.25) is 0 Å². The van der Waals surface area contributed by atoms with Crippen molar-refractivity contribution >= 4 is 6.29 Å². The molecule has 0 fully saturated rings. The quantitative estimate of drug-likeness (QED) is 0.767. The predicted octanol–water partition coefficient (Wildman–Crippen LogP) is 2.26. The molecule has 1 unspecified atom stereocenters. The Balaban J connectivity index is 3.07. The van der Waals surface area contributed by atoms with Gasteiger partial charge in [-0.25, -0.2) is 0 Å². The third kappa shape index (κ3) is 2.66. The highest BCUT2D eigenvalue weighted by molar-refractivity contribution is 5.61. The van der Waals surface area contributed by atoms with Crippen molar-refractivity contribution in [2.24, 2.45) is 0 Å². The molecule has 1 aromatic carbocycles. The van der Waals surface area contributed by atoms with Gasteiger partial charge in [-0.1, -0.05) is 45.0 Å². The highest BCUT2D eigenvalue weighted by Crippen LogP contribution is 2.25. The van der Waals surface area contributed by atoms with Crippen LogP contribution in [0.15, 0.2) is 24.3 Å². The maximum atomic E-state index is 10.7. The molecule has 1 aromatic rings. The van der Waals surface area contributed by atoms with Crippen molar-refractivity contribution in [2.45, 2.75) is 32.1 Å². The highest BCUT2D eigenvalue weighted by Gasteiger charge is 2.19. The van der Waals surface area contributed by atoms with Crippen LogP contribution in [0.4, 0.5) is 0 Å². The van der Waals surface area contributed by atoms with Crippen LogP contribution in [-0.2, 0) is 10.2 Å². The molecule has 0 aliphatic heterocycles. The molecule has 2 heteroatoms. The van der Waals surface area contributed by atoms with Gasteiger partial charge in [0.05, 0.1) is 6.61 Å². The van der Waals surface area contributed by atoms with Crippen molar-refractivity contribution in [1.82, 2.24) is 0 Å². The summed E-state index contributed by atoms with van der Waals surface area (Å²) < 4.78 is 0. The third-order valence-corrected chi connectivity index (χ3v) is 2.79. The van der Waals surface area contributed by atoms with Gasteiger partial charge in [0.15, 0.2) is 0 Å². The van der Waals surface area contributed by atoms with Gasteiger partial charge in [0.1, 0.15) is 6.29 Å². The Labute approximate surface area is 90.9 Å². The smallest absolute Gasteiger partial charge is 0.127 e. The summed E-state index contributed by atoms with van der Waals surface area (Å²) >= 11 is 0. The Morgan fingerprint density at radius 2 is 2.13 bits per heavy atom. The Morgan fingerprint density at radius 3 is 2.67 bits per heavy atom. The molecule has 2 nitrogen and oxygen atoms in total. The minimum absolute atomic E-state index is 0.0838. The fourth-order valence-corrected chi connectivity index (χ4v) is 1.41. The molecule has 0 heterocycles. The second kappa shape index (κ2) is 4.58.